The smallest absolute Gasteiger partial charge is 0.411 e. The minimum absolute atomic E-state index is 0.0405. The number of carbonyl (C=O) groups excluding carboxylic acids is 2. The number of rotatable bonds is 5. The molecule has 2 aromatic carbocycles. The number of benzene rings is 2. The fourth-order valence-corrected chi connectivity index (χ4v) is 3.50. The molecule has 1 N–H and O–H groups in total. The van der Waals surface area contributed by atoms with Crippen molar-refractivity contribution in [2.24, 2.45) is 0 Å². The Labute approximate surface area is 194 Å². The van der Waals surface area contributed by atoms with Crippen LogP contribution in [0.3, 0.4) is 0 Å². The van der Waals surface area contributed by atoms with Gasteiger partial charge in [-0.3, -0.25) is 14.5 Å². The Kier molecular flexibility index (Phi) is 6.13. The van der Waals surface area contributed by atoms with Gasteiger partial charge in [-0.15, -0.1) is 0 Å². The summed E-state index contributed by atoms with van der Waals surface area (Å²) < 4.78 is 25.2. The molecule has 2 amide bonds. The van der Waals surface area contributed by atoms with E-state index >= 15 is 0 Å². The number of anilines is 2. The van der Waals surface area contributed by atoms with Crippen LogP contribution in [0, 0.1) is 12.7 Å². The quantitative estimate of drug-likeness (QED) is 0.474. The molecule has 0 radical (unpaired) electrons. The standard InChI is InChI=1S/C24H22FN5O4/c1-14-22-26-12-20(15-5-7-16(8-6-15)28-24(32)34-4)30(22)13-19(27-14)23(31)29(2)17-9-10-18(25)21(11-17)33-3/h5-13H,1-4H3,(H,28,32). The lowest BCUT2D eigenvalue weighted by atomic mass is 10.1. The van der Waals surface area contributed by atoms with Crippen molar-refractivity contribution in [1.29, 1.82) is 0 Å². The van der Waals surface area contributed by atoms with E-state index in [1.165, 1.54) is 37.3 Å². The number of nitrogens with zero attached hydrogens (tertiary/aromatic N) is 4. The Bertz CT molecular complexity index is 1380. The van der Waals surface area contributed by atoms with Gasteiger partial charge >= 0.3 is 6.09 Å². The average molecular weight is 463 g/mol. The van der Waals surface area contributed by atoms with E-state index in [-0.39, 0.29) is 17.4 Å². The number of imidazole rings is 1. The van der Waals surface area contributed by atoms with Crippen molar-refractivity contribution in [3.8, 4) is 17.0 Å². The first-order chi connectivity index (χ1) is 16.3. The van der Waals surface area contributed by atoms with E-state index in [9.17, 15) is 14.0 Å². The highest BCUT2D eigenvalue weighted by Gasteiger charge is 2.20. The summed E-state index contributed by atoms with van der Waals surface area (Å²) in [5.41, 5.74) is 3.98. The molecule has 0 bridgehead atoms. The molecule has 2 aromatic heterocycles. The predicted octanol–water partition coefficient (Wildman–Crippen LogP) is 4.31. The van der Waals surface area contributed by atoms with Crippen LogP contribution < -0.4 is 15.0 Å². The summed E-state index contributed by atoms with van der Waals surface area (Å²) in [4.78, 5) is 34.9. The highest BCUT2D eigenvalue weighted by molar-refractivity contribution is 6.04. The Hall–Kier alpha value is -4.47. The minimum Gasteiger partial charge on any atom is -0.494 e. The van der Waals surface area contributed by atoms with Gasteiger partial charge in [-0.25, -0.2) is 19.2 Å². The third-order valence-electron chi connectivity index (χ3n) is 5.32. The first-order valence-corrected chi connectivity index (χ1v) is 10.2. The van der Waals surface area contributed by atoms with Gasteiger partial charge in [0.1, 0.15) is 5.69 Å². The molecule has 2 heterocycles. The number of aromatic nitrogens is 3. The SMILES string of the molecule is COC(=O)Nc1ccc(-c2cnc3c(C)nc(C(=O)N(C)c4ccc(F)c(OC)c4)cn23)cc1. The Morgan fingerprint density at radius 1 is 1.12 bits per heavy atom. The van der Waals surface area contributed by atoms with Crippen LogP contribution in [0.2, 0.25) is 0 Å². The van der Waals surface area contributed by atoms with Crippen LogP contribution in [-0.2, 0) is 4.74 Å². The van der Waals surface area contributed by atoms with E-state index in [0.717, 1.165) is 11.3 Å². The molecular formula is C24H22FN5O4. The van der Waals surface area contributed by atoms with Gasteiger partial charge in [0.25, 0.3) is 5.91 Å². The summed E-state index contributed by atoms with van der Waals surface area (Å²) in [6.07, 6.45) is 2.75. The molecule has 0 spiro atoms. The molecule has 0 saturated carbocycles. The number of fused-ring (bicyclic) bond motifs is 1. The minimum atomic E-state index is -0.560. The molecule has 0 aliphatic rings. The van der Waals surface area contributed by atoms with Crippen LogP contribution in [0.5, 0.6) is 5.75 Å². The summed E-state index contributed by atoms with van der Waals surface area (Å²) in [7, 11) is 4.24. The van der Waals surface area contributed by atoms with E-state index in [1.807, 2.05) is 12.1 Å². The van der Waals surface area contributed by atoms with Crippen LogP contribution in [0.15, 0.2) is 54.9 Å². The number of methoxy groups -OCH3 is 2. The van der Waals surface area contributed by atoms with E-state index in [4.69, 9.17) is 4.74 Å². The molecule has 0 fully saturated rings. The molecule has 0 aliphatic carbocycles. The summed E-state index contributed by atoms with van der Waals surface area (Å²) >= 11 is 0. The summed E-state index contributed by atoms with van der Waals surface area (Å²) in [6, 6.07) is 11.3. The van der Waals surface area contributed by atoms with E-state index in [1.54, 1.807) is 42.9 Å². The van der Waals surface area contributed by atoms with Crippen LogP contribution in [-0.4, -0.2) is 47.6 Å². The number of nitrogens with one attached hydrogen (secondary N) is 1. The van der Waals surface area contributed by atoms with Gasteiger partial charge in [-0.2, -0.15) is 0 Å². The van der Waals surface area contributed by atoms with Crippen molar-refractivity contribution in [2.75, 3.05) is 31.5 Å². The fraction of sp³-hybridized carbons (Fsp3) is 0.167. The van der Waals surface area contributed by atoms with Gasteiger partial charge in [-0.05, 0) is 31.2 Å². The van der Waals surface area contributed by atoms with Gasteiger partial charge in [0, 0.05) is 36.2 Å². The second-order valence-corrected chi connectivity index (χ2v) is 7.43. The topological polar surface area (TPSA) is 98.1 Å². The monoisotopic (exact) mass is 463 g/mol. The molecule has 0 aliphatic heterocycles. The van der Waals surface area contributed by atoms with Crippen molar-refractivity contribution in [3.05, 3.63) is 72.1 Å². The maximum Gasteiger partial charge on any atom is 0.411 e. The third kappa shape index (κ3) is 4.25. The Balaban J connectivity index is 1.69. The van der Waals surface area contributed by atoms with Gasteiger partial charge in [0.05, 0.1) is 31.8 Å². The van der Waals surface area contributed by atoms with Crippen molar-refractivity contribution in [2.45, 2.75) is 6.92 Å². The molecule has 4 rings (SSSR count). The molecule has 0 atom stereocenters. The van der Waals surface area contributed by atoms with Crippen LogP contribution >= 0.6 is 0 Å². The molecular weight excluding hydrogens is 441 g/mol. The lowest BCUT2D eigenvalue weighted by molar-refractivity contribution is 0.0987. The first kappa shape index (κ1) is 22.7. The van der Waals surface area contributed by atoms with Gasteiger partial charge < -0.3 is 14.4 Å². The normalized spacial score (nSPS) is 10.7. The highest BCUT2D eigenvalue weighted by atomic mass is 19.1. The molecule has 0 unspecified atom stereocenters. The zero-order chi connectivity index (χ0) is 24.4. The van der Waals surface area contributed by atoms with Crippen LogP contribution in [0.4, 0.5) is 20.6 Å². The highest BCUT2D eigenvalue weighted by Crippen LogP contribution is 2.26. The lowest BCUT2D eigenvalue weighted by Gasteiger charge is -2.18. The second-order valence-electron chi connectivity index (χ2n) is 7.43. The Morgan fingerprint density at radius 3 is 2.53 bits per heavy atom. The summed E-state index contributed by atoms with van der Waals surface area (Å²) in [6.45, 7) is 1.77. The van der Waals surface area contributed by atoms with Crippen molar-refractivity contribution in [3.63, 3.8) is 0 Å². The maximum atomic E-state index is 13.8. The van der Waals surface area contributed by atoms with Crippen molar-refractivity contribution >= 4 is 29.0 Å². The molecule has 0 saturated heterocycles. The third-order valence-corrected chi connectivity index (χ3v) is 5.32. The maximum absolute atomic E-state index is 13.8. The van der Waals surface area contributed by atoms with Gasteiger partial charge in [0.15, 0.2) is 17.2 Å². The molecule has 174 valence electrons. The molecule has 10 heteroatoms. The Morgan fingerprint density at radius 2 is 1.85 bits per heavy atom. The molecule has 4 aromatic rings. The largest absolute Gasteiger partial charge is 0.494 e. The number of amides is 2. The van der Waals surface area contributed by atoms with Crippen LogP contribution in [0.1, 0.15) is 16.2 Å². The summed E-state index contributed by atoms with van der Waals surface area (Å²) in [5, 5.41) is 2.60. The lowest BCUT2D eigenvalue weighted by Crippen LogP contribution is -2.27. The van der Waals surface area contributed by atoms with E-state index in [0.29, 0.717) is 22.7 Å². The average Bonchev–Trinajstić information content (AvgIpc) is 3.28. The molecule has 9 nitrogen and oxygen atoms in total. The fourth-order valence-electron chi connectivity index (χ4n) is 3.50. The number of aryl methyl sites for hydroxylation is 1. The van der Waals surface area contributed by atoms with E-state index in [2.05, 4.69) is 20.0 Å². The number of hydrogen-bond donors (Lipinski definition) is 1. The number of ether oxygens (including phenoxy) is 2. The first-order valence-electron chi connectivity index (χ1n) is 10.2. The van der Waals surface area contributed by atoms with Gasteiger partial charge in [-0.1, -0.05) is 12.1 Å². The van der Waals surface area contributed by atoms with Gasteiger partial charge in [0.2, 0.25) is 0 Å². The van der Waals surface area contributed by atoms with Crippen molar-refractivity contribution in [1.82, 2.24) is 14.4 Å². The van der Waals surface area contributed by atoms with Crippen LogP contribution in [0.25, 0.3) is 16.9 Å². The molecule has 34 heavy (non-hydrogen) atoms. The van der Waals surface area contributed by atoms with Crippen molar-refractivity contribution < 1.29 is 23.5 Å². The number of hydrogen-bond acceptors (Lipinski definition) is 6. The zero-order valence-electron chi connectivity index (χ0n) is 19.0. The summed E-state index contributed by atoms with van der Waals surface area (Å²) in [5.74, 6) is -0.854. The zero-order valence-corrected chi connectivity index (χ0v) is 19.0. The second kappa shape index (κ2) is 9.18. The number of halogens is 1. The predicted molar refractivity (Wildman–Crippen MR) is 125 cm³/mol. The number of carbonyl (C=O) groups is 2. The van der Waals surface area contributed by atoms with E-state index < -0.39 is 11.9 Å².